The third kappa shape index (κ3) is 5.95. The van der Waals surface area contributed by atoms with Crippen LogP contribution in [-0.2, 0) is 9.59 Å². The third-order valence-electron chi connectivity index (χ3n) is 11.3. The molecule has 0 radical (unpaired) electrons. The number of phenolic OH excluding ortho intramolecular Hbond substituents is 1. The van der Waals surface area contributed by atoms with E-state index in [1.54, 1.807) is 12.1 Å². The standard InChI is InChI=1S/C38H44N8O4/c1-23-30(29-21-31(42-43-37(29)39)28-5-2-3-8-34(28)47)22-40-46(23)26-15-17-44(18-16-26)25-11-9-24(10-12-25)27-6-4-7-32-36(27)50-20-19-45(32)33-13-14-35(48)41-38(33)49/h2-8,21-22,24-26,33,47H,9-20H2,1H3,(H2,39,43)(H,41,48,49)/t24-,25-,33?. The lowest BCUT2D eigenvalue weighted by Crippen LogP contribution is -2.54. The maximum Gasteiger partial charge on any atom is 0.249 e. The Bertz CT molecular complexity index is 1910. The number of likely N-dealkylation sites (tertiary alicyclic amines) is 1. The first-order chi connectivity index (χ1) is 24.4. The Balaban J connectivity index is 0.900. The normalized spacial score (nSPS) is 23.3. The van der Waals surface area contributed by atoms with Crippen LogP contribution >= 0.6 is 0 Å². The number of amides is 2. The van der Waals surface area contributed by atoms with Gasteiger partial charge in [0.25, 0.3) is 0 Å². The molecule has 50 heavy (non-hydrogen) atoms. The van der Waals surface area contributed by atoms with Crippen molar-refractivity contribution < 1.29 is 19.4 Å². The molecule has 1 atom stereocenters. The molecule has 2 amide bonds. The van der Waals surface area contributed by atoms with Gasteiger partial charge in [0.05, 0.1) is 30.2 Å². The summed E-state index contributed by atoms with van der Waals surface area (Å²) in [4.78, 5) is 29.3. The highest BCUT2D eigenvalue weighted by molar-refractivity contribution is 6.02. The molecule has 2 aromatic carbocycles. The van der Waals surface area contributed by atoms with Crippen LogP contribution in [0.2, 0.25) is 0 Å². The summed E-state index contributed by atoms with van der Waals surface area (Å²) in [5.74, 6) is 1.43. The van der Waals surface area contributed by atoms with E-state index in [1.165, 1.54) is 5.56 Å². The molecule has 8 rings (SSSR count). The fourth-order valence-electron chi connectivity index (χ4n) is 8.66. The van der Waals surface area contributed by atoms with E-state index in [0.717, 1.165) is 79.9 Å². The summed E-state index contributed by atoms with van der Waals surface area (Å²) < 4.78 is 8.43. The van der Waals surface area contributed by atoms with E-state index in [1.807, 2.05) is 24.4 Å². The van der Waals surface area contributed by atoms with Gasteiger partial charge in [-0.3, -0.25) is 19.6 Å². The van der Waals surface area contributed by atoms with Gasteiger partial charge in [-0.1, -0.05) is 24.3 Å². The van der Waals surface area contributed by atoms with Gasteiger partial charge >= 0.3 is 0 Å². The molecule has 1 saturated carbocycles. The van der Waals surface area contributed by atoms with E-state index in [2.05, 4.69) is 55.1 Å². The second-order valence-electron chi connectivity index (χ2n) is 14.1. The van der Waals surface area contributed by atoms with Gasteiger partial charge in [-0.2, -0.15) is 5.10 Å². The number of benzene rings is 2. The molecule has 3 fully saturated rings. The average Bonchev–Trinajstić information content (AvgIpc) is 3.52. The number of nitrogen functional groups attached to an aromatic ring is 1. The number of ether oxygens (including phenoxy) is 1. The molecule has 4 aliphatic rings. The highest BCUT2D eigenvalue weighted by Gasteiger charge is 2.37. The Labute approximate surface area is 291 Å². The SMILES string of the molecule is Cc1c(-c2cc(-c3ccccc3O)nnc2N)cnn1C1CCN([C@H]2CC[C@H](c3cccc4c3OCCN4C3CCC(=O)NC3=O)CC2)CC1. The number of imide groups is 1. The zero-order valence-corrected chi connectivity index (χ0v) is 28.4. The van der Waals surface area contributed by atoms with Crippen LogP contribution in [0.15, 0.2) is 54.7 Å². The van der Waals surface area contributed by atoms with Gasteiger partial charge in [-0.15, -0.1) is 10.2 Å². The van der Waals surface area contributed by atoms with Crippen LogP contribution in [0.3, 0.4) is 0 Å². The summed E-state index contributed by atoms with van der Waals surface area (Å²) in [7, 11) is 0. The number of nitrogens with two attached hydrogens (primary N) is 1. The lowest BCUT2D eigenvalue weighted by molar-refractivity contribution is -0.134. The molecule has 0 spiro atoms. The molecule has 2 aromatic heterocycles. The largest absolute Gasteiger partial charge is 0.507 e. The average molecular weight is 677 g/mol. The van der Waals surface area contributed by atoms with Gasteiger partial charge in [-0.05, 0) is 87.6 Å². The van der Waals surface area contributed by atoms with Gasteiger partial charge in [-0.25, -0.2) is 0 Å². The van der Waals surface area contributed by atoms with Gasteiger partial charge in [0.2, 0.25) is 11.8 Å². The van der Waals surface area contributed by atoms with Crippen LogP contribution in [0.5, 0.6) is 11.5 Å². The van der Waals surface area contributed by atoms with Gasteiger partial charge in [0, 0.05) is 47.9 Å². The summed E-state index contributed by atoms with van der Waals surface area (Å²) in [6.07, 6.45) is 9.35. The molecule has 4 N–H and O–H groups in total. The van der Waals surface area contributed by atoms with Crippen molar-refractivity contribution in [1.29, 1.82) is 0 Å². The smallest absolute Gasteiger partial charge is 0.249 e. The van der Waals surface area contributed by atoms with Crippen molar-refractivity contribution in [3.05, 3.63) is 66.0 Å². The molecule has 12 nitrogen and oxygen atoms in total. The number of hydrogen-bond acceptors (Lipinski definition) is 10. The minimum atomic E-state index is -0.338. The predicted molar refractivity (Wildman–Crippen MR) is 190 cm³/mol. The summed E-state index contributed by atoms with van der Waals surface area (Å²) in [6, 6.07) is 15.9. The third-order valence-corrected chi connectivity index (χ3v) is 11.3. The Kier molecular flexibility index (Phi) is 8.64. The molecule has 1 unspecified atom stereocenters. The molecule has 1 aliphatic carbocycles. The Morgan fingerprint density at radius 2 is 1.68 bits per heavy atom. The number of piperidine rings is 2. The number of hydrogen-bond donors (Lipinski definition) is 3. The number of carbonyl (C=O) groups excluding carboxylic acids is 2. The zero-order valence-electron chi connectivity index (χ0n) is 28.4. The second-order valence-corrected chi connectivity index (χ2v) is 14.1. The van der Waals surface area contributed by atoms with Crippen molar-refractivity contribution in [3.8, 4) is 33.9 Å². The molecular formula is C38H44N8O4. The van der Waals surface area contributed by atoms with Crippen molar-refractivity contribution in [2.45, 2.75) is 82.3 Å². The molecule has 12 heteroatoms. The number of aromatic nitrogens is 4. The van der Waals surface area contributed by atoms with E-state index >= 15 is 0 Å². The first kappa shape index (κ1) is 32.2. The number of aromatic hydroxyl groups is 1. The van der Waals surface area contributed by atoms with Gasteiger partial charge in [0.15, 0.2) is 5.82 Å². The fourth-order valence-corrected chi connectivity index (χ4v) is 8.66. The van der Waals surface area contributed by atoms with Crippen LogP contribution in [-0.4, -0.2) is 80.1 Å². The van der Waals surface area contributed by atoms with E-state index in [0.29, 0.717) is 61.1 Å². The van der Waals surface area contributed by atoms with Crippen LogP contribution in [0.4, 0.5) is 11.5 Å². The van der Waals surface area contributed by atoms with Crippen molar-refractivity contribution in [2.75, 3.05) is 36.9 Å². The number of rotatable bonds is 6. The number of anilines is 2. The number of phenols is 1. The number of nitrogens with zero attached hydrogens (tertiary/aromatic N) is 6. The molecule has 3 aliphatic heterocycles. The summed E-state index contributed by atoms with van der Waals surface area (Å²) >= 11 is 0. The van der Waals surface area contributed by atoms with Gasteiger partial charge < -0.3 is 25.4 Å². The lowest BCUT2D eigenvalue weighted by atomic mass is 9.80. The molecular weight excluding hydrogens is 632 g/mol. The predicted octanol–water partition coefficient (Wildman–Crippen LogP) is 4.97. The Morgan fingerprint density at radius 3 is 2.46 bits per heavy atom. The minimum Gasteiger partial charge on any atom is -0.507 e. The first-order valence-electron chi connectivity index (χ1n) is 17.9. The van der Waals surface area contributed by atoms with Crippen molar-refractivity contribution in [2.24, 2.45) is 0 Å². The van der Waals surface area contributed by atoms with E-state index < -0.39 is 0 Å². The van der Waals surface area contributed by atoms with Crippen molar-refractivity contribution in [3.63, 3.8) is 0 Å². The van der Waals surface area contributed by atoms with E-state index in [-0.39, 0.29) is 23.6 Å². The molecule has 5 heterocycles. The Morgan fingerprint density at radius 1 is 0.880 bits per heavy atom. The fraction of sp³-hybridized carbons (Fsp3) is 0.447. The molecule has 4 aromatic rings. The quantitative estimate of drug-likeness (QED) is 0.239. The molecule has 260 valence electrons. The second kappa shape index (κ2) is 13.4. The van der Waals surface area contributed by atoms with E-state index in [4.69, 9.17) is 15.6 Å². The van der Waals surface area contributed by atoms with E-state index in [9.17, 15) is 14.7 Å². The summed E-state index contributed by atoms with van der Waals surface area (Å²) in [5, 5.41) is 26.2. The first-order valence-corrected chi connectivity index (χ1v) is 17.9. The summed E-state index contributed by atoms with van der Waals surface area (Å²) in [5.41, 5.74) is 12.5. The molecule has 0 bridgehead atoms. The van der Waals surface area contributed by atoms with Crippen molar-refractivity contribution in [1.82, 2.24) is 30.2 Å². The highest BCUT2D eigenvalue weighted by atomic mass is 16.5. The van der Waals surface area contributed by atoms with Crippen molar-refractivity contribution >= 4 is 23.3 Å². The lowest BCUT2D eigenvalue weighted by Gasteiger charge is -2.42. The molecule has 2 saturated heterocycles. The van der Waals surface area contributed by atoms with Crippen LogP contribution in [0.25, 0.3) is 22.4 Å². The van der Waals surface area contributed by atoms with Crippen LogP contribution in [0.1, 0.15) is 74.6 Å². The number of nitrogens with one attached hydrogen (secondary N) is 1. The monoisotopic (exact) mass is 676 g/mol. The number of para-hydroxylation sites is 2. The zero-order chi connectivity index (χ0) is 34.4. The van der Waals surface area contributed by atoms with Gasteiger partial charge in [0.1, 0.15) is 24.1 Å². The topological polar surface area (TPSA) is 152 Å². The number of fused-ring (bicyclic) bond motifs is 1. The summed E-state index contributed by atoms with van der Waals surface area (Å²) in [6.45, 7) is 5.34. The maximum atomic E-state index is 12.7. The van der Waals surface area contributed by atoms with Crippen LogP contribution < -0.4 is 20.7 Å². The van der Waals surface area contributed by atoms with Crippen LogP contribution in [0, 0.1) is 6.92 Å². The highest BCUT2D eigenvalue weighted by Crippen LogP contribution is 2.45. The number of carbonyl (C=O) groups is 2. The Hall–Kier alpha value is -4.97. The minimum absolute atomic E-state index is 0.150. The maximum absolute atomic E-state index is 12.7.